The van der Waals surface area contributed by atoms with Crippen molar-refractivity contribution in [1.29, 1.82) is 0 Å². The van der Waals surface area contributed by atoms with Gasteiger partial charge in [-0.05, 0) is 36.8 Å². The Hall–Kier alpha value is -3.80. The van der Waals surface area contributed by atoms with Crippen LogP contribution in [0.2, 0.25) is 0 Å². The molecule has 5 rings (SSSR count). The van der Waals surface area contributed by atoms with E-state index in [2.05, 4.69) is 15.8 Å². The molecule has 0 saturated carbocycles. The van der Waals surface area contributed by atoms with E-state index in [0.29, 0.717) is 17.8 Å². The van der Waals surface area contributed by atoms with E-state index in [1.54, 1.807) is 29.2 Å². The zero-order valence-corrected chi connectivity index (χ0v) is 15.9. The third-order valence-electron chi connectivity index (χ3n) is 5.49. The van der Waals surface area contributed by atoms with Gasteiger partial charge in [0.1, 0.15) is 17.1 Å². The zero-order valence-electron chi connectivity index (χ0n) is 15.9. The van der Waals surface area contributed by atoms with Gasteiger partial charge in [0.15, 0.2) is 0 Å². The number of nitrogens with one attached hydrogen (secondary N) is 2. The predicted molar refractivity (Wildman–Crippen MR) is 114 cm³/mol. The Morgan fingerprint density at radius 3 is 2.55 bits per heavy atom. The Kier molecular flexibility index (Phi) is 3.81. The largest absolute Gasteiger partial charge is 0.506 e. The van der Waals surface area contributed by atoms with Crippen LogP contribution in [0.4, 0.5) is 17.1 Å². The molecule has 1 fully saturated rings. The van der Waals surface area contributed by atoms with Gasteiger partial charge in [0, 0.05) is 6.42 Å². The third-order valence-corrected chi connectivity index (χ3v) is 5.49. The van der Waals surface area contributed by atoms with Crippen molar-refractivity contribution >= 4 is 28.7 Å². The van der Waals surface area contributed by atoms with Gasteiger partial charge in [-0.2, -0.15) is 5.10 Å². The monoisotopic (exact) mass is 384 g/mol. The van der Waals surface area contributed by atoms with Crippen LogP contribution in [0.1, 0.15) is 17.5 Å². The highest BCUT2D eigenvalue weighted by Gasteiger charge is 2.55. The van der Waals surface area contributed by atoms with Crippen LogP contribution in [0.5, 0.6) is 5.75 Å². The number of hydrogen-bond acceptors (Lipinski definition) is 5. The van der Waals surface area contributed by atoms with E-state index in [0.717, 1.165) is 22.5 Å². The van der Waals surface area contributed by atoms with Crippen molar-refractivity contribution in [2.75, 3.05) is 15.6 Å². The second-order valence-electron chi connectivity index (χ2n) is 7.37. The fourth-order valence-electron chi connectivity index (χ4n) is 4.03. The molecule has 0 bridgehead atoms. The molecule has 1 amide bonds. The van der Waals surface area contributed by atoms with E-state index in [9.17, 15) is 9.90 Å². The van der Waals surface area contributed by atoms with E-state index < -0.39 is 5.66 Å². The Morgan fingerprint density at radius 2 is 1.76 bits per heavy atom. The molecule has 2 aliphatic heterocycles. The maximum Gasteiger partial charge on any atom is 0.276 e. The number of aryl methyl sites for hydroxylation is 1. The molecule has 0 aliphatic carbocycles. The number of carbonyl (C=O) groups excluding carboxylic acids is 1. The van der Waals surface area contributed by atoms with E-state index in [-0.39, 0.29) is 11.7 Å². The van der Waals surface area contributed by atoms with Gasteiger partial charge in [-0.25, -0.2) is 0 Å². The number of para-hydroxylation sites is 4. The van der Waals surface area contributed by atoms with Gasteiger partial charge in [-0.15, -0.1) is 0 Å². The van der Waals surface area contributed by atoms with Crippen LogP contribution in [0.15, 0.2) is 77.9 Å². The molecule has 3 aromatic rings. The molecule has 3 aromatic carbocycles. The minimum atomic E-state index is -0.715. The maximum atomic E-state index is 13.4. The van der Waals surface area contributed by atoms with Crippen LogP contribution < -0.4 is 15.6 Å². The van der Waals surface area contributed by atoms with Crippen LogP contribution in [-0.4, -0.2) is 16.7 Å². The lowest BCUT2D eigenvalue weighted by atomic mass is 9.96. The smallest absolute Gasteiger partial charge is 0.276 e. The molecule has 2 aliphatic rings. The molecule has 1 atom stereocenters. The Balaban J connectivity index is 1.58. The highest BCUT2D eigenvalue weighted by atomic mass is 16.3. The summed E-state index contributed by atoms with van der Waals surface area (Å²) < 4.78 is 0. The van der Waals surface area contributed by atoms with Gasteiger partial charge >= 0.3 is 0 Å². The summed E-state index contributed by atoms with van der Waals surface area (Å²) in [4.78, 5) is 15.1. The molecule has 144 valence electrons. The first-order valence-electron chi connectivity index (χ1n) is 9.48. The second kappa shape index (κ2) is 6.38. The van der Waals surface area contributed by atoms with Crippen LogP contribution >= 0.6 is 0 Å². The highest BCUT2D eigenvalue weighted by Crippen LogP contribution is 2.50. The van der Waals surface area contributed by atoms with Gasteiger partial charge in [0.05, 0.1) is 17.1 Å². The Bertz CT molecular complexity index is 1140. The lowest BCUT2D eigenvalue weighted by molar-refractivity contribution is -0.112. The van der Waals surface area contributed by atoms with Gasteiger partial charge < -0.3 is 10.4 Å². The summed E-state index contributed by atoms with van der Waals surface area (Å²) in [6.45, 7) is 2.04. The van der Waals surface area contributed by atoms with Crippen molar-refractivity contribution < 1.29 is 9.90 Å². The van der Waals surface area contributed by atoms with Crippen molar-refractivity contribution in [2.45, 2.75) is 19.0 Å². The topological polar surface area (TPSA) is 77.0 Å². The van der Waals surface area contributed by atoms with Gasteiger partial charge in [-0.3, -0.25) is 15.1 Å². The van der Waals surface area contributed by atoms with E-state index in [1.807, 2.05) is 55.5 Å². The van der Waals surface area contributed by atoms with Crippen molar-refractivity contribution in [3.63, 3.8) is 0 Å². The first-order valence-corrected chi connectivity index (χ1v) is 9.48. The molecular weight excluding hydrogens is 364 g/mol. The number of anilines is 3. The normalized spacial score (nSPS) is 21.1. The number of benzene rings is 3. The molecule has 6 heteroatoms. The average molecular weight is 384 g/mol. The minimum Gasteiger partial charge on any atom is -0.506 e. The molecule has 0 spiro atoms. The summed E-state index contributed by atoms with van der Waals surface area (Å²) in [6.07, 6.45) is 0.393. The zero-order chi connectivity index (χ0) is 20.0. The second-order valence-corrected chi connectivity index (χ2v) is 7.37. The van der Waals surface area contributed by atoms with Crippen LogP contribution in [0, 0.1) is 6.92 Å². The first kappa shape index (κ1) is 17.3. The number of nitrogens with zero attached hydrogens (tertiary/aromatic N) is 2. The standard InChI is InChI=1S/C23H20N4O2/c1-15-10-12-16(13-11-15)23-14-19(26-25-18-7-3-5-9-21(18)28)22(29)27(23)20-8-4-2-6-17(20)24-23/h2-13,24-25,28H,14H2,1H3. The summed E-state index contributed by atoms with van der Waals surface area (Å²) in [7, 11) is 0. The third kappa shape index (κ3) is 2.64. The number of rotatable bonds is 3. The van der Waals surface area contributed by atoms with Gasteiger partial charge in [-0.1, -0.05) is 54.1 Å². The molecule has 29 heavy (non-hydrogen) atoms. The van der Waals surface area contributed by atoms with Crippen molar-refractivity contribution in [2.24, 2.45) is 5.10 Å². The molecule has 3 N–H and O–H groups in total. The predicted octanol–water partition coefficient (Wildman–Crippen LogP) is 4.18. The fraction of sp³-hybridized carbons (Fsp3) is 0.130. The average Bonchev–Trinajstić information content (AvgIpc) is 3.20. The van der Waals surface area contributed by atoms with Crippen molar-refractivity contribution in [3.05, 3.63) is 83.9 Å². The number of phenolic OH excluding ortho intramolecular Hbond substituents is 1. The number of amides is 1. The summed E-state index contributed by atoms with van der Waals surface area (Å²) in [5.74, 6) is -0.0783. The molecular formula is C23H20N4O2. The summed E-state index contributed by atoms with van der Waals surface area (Å²) >= 11 is 0. The molecule has 0 aromatic heterocycles. The van der Waals surface area contributed by atoms with Gasteiger partial charge in [0.2, 0.25) is 0 Å². The lowest BCUT2D eigenvalue weighted by Gasteiger charge is -2.32. The van der Waals surface area contributed by atoms with Crippen molar-refractivity contribution in [3.8, 4) is 5.75 Å². The van der Waals surface area contributed by atoms with E-state index in [4.69, 9.17) is 0 Å². The first-order chi connectivity index (χ1) is 14.1. The number of hydrazone groups is 1. The molecule has 1 saturated heterocycles. The summed E-state index contributed by atoms with van der Waals surface area (Å²) in [5, 5.41) is 17.9. The van der Waals surface area contributed by atoms with Crippen LogP contribution in [-0.2, 0) is 10.5 Å². The minimum absolute atomic E-state index is 0.0829. The van der Waals surface area contributed by atoms with Crippen molar-refractivity contribution in [1.82, 2.24) is 0 Å². The molecule has 0 radical (unpaired) electrons. The van der Waals surface area contributed by atoms with Crippen LogP contribution in [0.3, 0.4) is 0 Å². The number of carbonyl (C=O) groups is 1. The number of phenols is 1. The fourth-order valence-corrected chi connectivity index (χ4v) is 4.03. The van der Waals surface area contributed by atoms with Crippen LogP contribution in [0.25, 0.3) is 0 Å². The molecule has 1 unspecified atom stereocenters. The maximum absolute atomic E-state index is 13.4. The quantitative estimate of drug-likeness (QED) is 0.468. The Labute approximate surface area is 168 Å². The molecule has 6 nitrogen and oxygen atoms in total. The summed E-state index contributed by atoms with van der Waals surface area (Å²) in [5.41, 5.74) is 6.90. The number of aromatic hydroxyl groups is 1. The Morgan fingerprint density at radius 1 is 1.03 bits per heavy atom. The SMILES string of the molecule is Cc1ccc(C23CC(=NNc4ccccc4O)C(=O)N2c2ccccc2N3)cc1. The van der Waals surface area contributed by atoms with Gasteiger partial charge in [0.25, 0.3) is 5.91 Å². The number of hydrogen-bond donors (Lipinski definition) is 3. The number of fused-ring (bicyclic) bond motifs is 3. The highest BCUT2D eigenvalue weighted by molar-refractivity contribution is 6.48. The molecule has 2 heterocycles. The summed E-state index contributed by atoms with van der Waals surface area (Å²) in [6, 6.07) is 22.8. The van der Waals surface area contributed by atoms with E-state index >= 15 is 0 Å². The van der Waals surface area contributed by atoms with E-state index in [1.165, 1.54) is 0 Å². The lowest BCUT2D eigenvalue weighted by Crippen LogP contribution is -2.44.